The summed E-state index contributed by atoms with van der Waals surface area (Å²) in [6.45, 7) is 7.50. The lowest BCUT2D eigenvalue weighted by Gasteiger charge is -2.13. The number of hydrogen-bond acceptors (Lipinski definition) is 8. The predicted octanol–water partition coefficient (Wildman–Crippen LogP) is 3.10. The average molecular weight is 402 g/mol. The number of unbranched alkanes of at least 4 members (excludes halogenated alkanes) is 3. The van der Waals surface area contributed by atoms with E-state index in [2.05, 4.69) is 0 Å². The van der Waals surface area contributed by atoms with Crippen molar-refractivity contribution < 1.29 is 38.1 Å². The van der Waals surface area contributed by atoms with E-state index in [0.29, 0.717) is 26.1 Å². The van der Waals surface area contributed by atoms with Crippen LogP contribution in [0.25, 0.3) is 0 Å². The Morgan fingerprint density at radius 2 is 1.00 bits per heavy atom. The zero-order chi connectivity index (χ0) is 21.4. The second kappa shape index (κ2) is 15.9. The third kappa shape index (κ3) is 13.1. The summed E-state index contributed by atoms with van der Waals surface area (Å²) in [4.78, 5) is 46.7. The minimum Gasteiger partial charge on any atom is -0.463 e. The maximum absolute atomic E-state index is 11.7. The molecule has 162 valence electrons. The first-order valence-corrected chi connectivity index (χ1v) is 10.0. The lowest BCUT2D eigenvalue weighted by molar-refractivity contribution is -0.167. The van der Waals surface area contributed by atoms with Crippen LogP contribution in [0.3, 0.4) is 0 Å². The minimum atomic E-state index is -0.950. The minimum absolute atomic E-state index is 0.0779. The van der Waals surface area contributed by atoms with Gasteiger partial charge < -0.3 is 18.9 Å². The zero-order valence-electron chi connectivity index (χ0n) is 17.5. The van der Waals surface area contributed by atoms with Crippen molar-refractivity contribution in [1.82, 2.24) is 0 Å². The fourth-order valence-electron chi connectivity index (χ4n) is 2.02. The smallest absolute Gasteiger partial charge is 0.347 e. The van der Waals surface area contributed by atoms with Gasteiger partial charge in [-0.15, -0.1) is 0 Å². The van der Waals surface area contributed by atoms with E-state index in [-0.39, 0.29) is 12.8 Å². The van der Waals surface area contributed by atoms with Gasteiger partial charge in [0.2, 0.25) is 0 Å². The lowest BCUT2D eigenvalue weighted by Crippen LogP contribution is -2.27. The average Bonchev–Trinajstić information content (AvgIpc) is 2.65. The second-order valence-corrected chi connectivity index (χ2v) is 6.51. The van der Waals surface area contributed by atoms with Gasteiger partial charge in [0.15, 0.2) is 12.2 Å². The first-order valence-electron chi connectivity index (χ1n) is 10.0. The maximum atomic E-state index is 11.7. The van der Waals surface area contributed by atoms with E-state index in [1.807, 2.05) is 13.8 Å². The van der Waals surface area contributed by atoms with E-state index in [0.717, 1.165) is 25.7 Å². The summed E-state index contributed by atoms with van der Waals surface area (Å²) >= 11 is 0. The molecular formula is C20H34O8. The monoisotopic (exact) mass is 402 g/mol. The van der Waals surface area contributed by atoms with E-state index >= 15 is 0 Å². The molecule has 0 aliphatic rings. The van der Waals surface area contributed by atoms with Gasteiger partial charge in [0.05, 0.1) is 13.2 Å². The number of hydrogen-bond donors (Lipinski definition) is 0. The van der Waals surface area contributed by atoms with Crippen LogP contribution in [0.5, 0.6) is 0 Å². The summed E-state index contributed by atoms with van der Waals surface area (Å²) in [7, 11) is 0. The molecular weight excluding hydrogens is 368 g/mol. The third-order valence-electron chi connectivity index (χ3n) is 3.78. The first kappa shape index (κ1) is 25.9. The fourth-order valence-corrected chi connectivity index (χ4v) is 2.02. The Hall–Kier alpha value is -2.12. The van der Waals surface area contributed by atoms with E-state index < -0.39 is 36.1 Å². The highest BCUT2D eigenvalue weighted by Gasteiger charge is 2.20. The van der Waals surface area contributed by atoms with Gasteiger partial charge in [0.25, 0.3) is 0 Å². The number of carbonyl (C=O) groups excluding carboxylic acids is 4. The van der Waals surface area contributed by atoms with E-state index in [4.69, 9.17) is 18.9 Å². The molecule has 0 saturated carbocycles. The second-order valence-electron chi connectivity index (χ2n) is 6.51. The standard InChI is InChI=1S/C20H34O8/c1-5-7-13-25-19(23)15(3)27-17(21)11-9-10-12-18(22)28-16(4)20(24)26-14-8-6-2/h15-16H,5-14H2,1-4H3/t15-,16-/m0/s1. The summed E-state index contributed by atoms with van der Waals surface area (Å²) in [6.07, 6.45) is 2.40. The van der Waals surface area contributed by atoms with Crippen LogP contribution in [0.4, 0.5) is 0 Å². The lowest BCUT2D eigenvalue weighted by atomic mass is 10.2. The molecule has 0 spiro atoms. The Morgan fingerprint density at radius 1 is 0.643 bits per heavy atom. The van der Waals surface area contributed by atoms with Crippen LogP contribution in [-0.4, -0.2) is 49.3 Å². The summed E-state index contributed by atoms with van der Waals surface area (Å²) in [5, 5.41) is 0. The van der Waals surface area contributed by atoms with E-state index in [1.165, 1.54) is 13.8 Å². The molecule has 28 heavy (non-hydrogen) atoms. The molecule has 0 rings (SSSR count). The number of rotatable bonds is 15. The Bertz CT molecular complexity index is 445. The van der Waals surface area contributed by atoms with E-state index in [1.54, 1.807) is 0 Å². The number of ether oxygens (including phenoxy) is 4. The van der Waals surface area contributed by atoms with Gasteiger partial charge in [-0.1, -0.05) is 26.7 Å². The van der Waals surface area contributed by atoms with Crippen LogP contribution >= 0.6 is 0 Å². The Balaban J connectivity index is 3.89. The molecule has 0 amide bonds. The maximum Gasteiger partial charge on any atom is 0.347 e. The van der Waals surface area contributed by atoms with Crippen molar-refractivity contribution in [3.05, 3.63) is 0 Å². The molecule has 2 atom stereocenters. The van der Waals surface area contributed by atoms with Gasteiger partial charge in [-0.25, -0.2) is 9.59 Å². The van der Waals surface area contributed by atoms with E-state index in [9.17, 15) is 19.2 Å². The molecule has 8 heteroatoms. The molecule has 0 aromatic rings. The van der Waals surface area contributed by atoms with Crippen LogP contribution in [0.2, 0.25) is 0 Å². The molecule has 0 bridgehead atoms. The Morgan fingerprint density at radius 3 is 1.32 bits per heavy atom. The molecule has 0 aromatic carbocycles. The Labute approximate surface area is 167 Å². The van der Waals surface area contributed by atoms with Gasteiger partial charge in [0.1, 0.15) is 0 Å². The molecule has 0 fully saturated rings. The van der Waals surface area contributed by atoms with Crippen molar-refractivity contribution >= 4 is 23.9 Å². The molecule has 0 heterocycles. The molecule has 0 unspecified atom stereocenters. The molecule has 0 saturated heterocycles. The molecule has 0 N–H and O–H groups in total. The third-order valence-corrected chi connectivity index (χ3v) is 3.78. The summed E-state index contributed by atoms with van der Waals surface area (Å²) < 4.78 is 20.0. The largest absolute Gasteiger partial charge is 0.463 e. The number of esters is 4. The highest BCUT2D eigenvalue weighted by atomic mass is 16.6. The van der Waals surface area contributed by atoms with Crippen molar-refractivity contribution in [3.8, 4) is 0 Å². The van der Waals surface area contributed by atoms with Gasteiger partial charge >= 0.3 is 23.9 Å². The van der Waals surface area contributed by atoms with Crippen LogP contribution in [0.1, 0.15) is 79.1 Å². The van der Waals surface area contributed by atoms with Gasteiger partial charge in [-0.3, -0.25) is 9.59 Å². The first-order chi connectivity index (χ1) is 13.3. The topological polar surface area (TPSA) is 105 Å². The van der Waals surface area contributed by atoms with Gasteiger partial charge in [-0.05, 0) is 39.5 Å². The van der Waals surface area contributed by atoms with Crippen LogP contribution in [0, 0.1) is 0 Å². The summed E-state index contributed by atoms with van der Waals surface area (Å²) in [5.41, 5.74) is 0. The van der Waals surface area contributed by atoms with Crippen molar-refractivity contribution in [1.29, 1.82) is 0 Å². The van der Waals surface area contributed by atoms with Crippen molar-refractivity contribution in [2.45, 2.75) is 91.3 Å². The predicted molar refractivity (Wildman–Crippen MR) is 101 cm³/mol. The normalized spacial score (nSPS) is 12.6. The van der Waals surface area contributed by atoms with Gasteiger partial charge in [0, 0.05) is 12.8 Å². The van der Waals surface area contributed by atoms with Crippen molar-refractivity contribution in [2.75, 3.05) is 13.2 Å². The molecule has 8 nitrogen and oxygen atoms in total. The highest BCUT2D eigenvalue weighted by Crippen LogP contribution is 2.07. The summed E-state index contributed by atoms with van der Waals surface area (Å²) in [6, 6.07) is 0. The number of carbonyl (C=O) groups is 4. The van der Waals surface area contributed by atoms with Crippen LogP contribution in [-0.2, 0) is 38.1 Å². The molecule has 0 aliphatic carbocycles. The quantitative estimate of drug-likeness (QED) is 0.234. The van der Waals surface area contributed by atoms with Crippen molar-refractivity contribution in [2.24, 2.45) is 0 Å². The SMILES string of the molecule is CCCCOC(=O)[C@H](C)OC(=O)CCCCC(=O)O[C@@H](C)C(=O)OCCCC. The molecule has 0 aliphatic heterocycles. The molecule has 0 aromatic heterocycles. The zero-order valence-corrected chi connectivity index (χ0v) is 17.5. The van der Waals surface area contributed by atoms with Crippen molar-refractivity contribution in [3.63, 3.8) is 0 Å². The Kier molecular flexibility index (Phi) is 14.7. The summed E-state index contributed by atoms with van der Waals surface area (Å²) in [5.74, 6) is -2.18. The fraction of sp³-hybridized carbons (Fsp3) is 0.800. The highest BCUT2D eigenvalue weighted by molar-refractivity contribution is 5.79. The molecule has 0 radical (unpaired) electrons. The van der Waals surface area contributed by atoms with Crippen LogP contribution in [0.15, 0.2) is 0 Å². The van der Waals surface area contributed by atoms with Crippen LogP contribution < -0.4 is 0 Å². The van der Waals surface area contributed by atoms with Gasteiger partial charge in [-0.2, -0.15) is 0 Å².